The van der Waals surface area contributed by atoms with Gasteiger partial charge in [-0.3, -0.25) is 0 Å². The highest BCUT2D eigenvalue weighted by Crippen LogP contribution is 2.28. The molecule has 6 heteroatoms. The van der Waals surface area contributed by atoms with Crippen molar-refractivity contribution in [3.05, 3.63) is 0 Å². The van der Waals surface area contributed by atoms with Crippen LogP contribution in [0.25, 0.3) is 0 Å². The minimum Gasteiger partial charge on any atom is -0.458 e. The van der Waals surface area contributed by atoms with Crippen molar-refractivity contribution in [2.75, 3.05) is 58.9 Å². The molecule has 136 valence electrons. The van der Waals surface area contributed by atoms with Gasteiger partial charge in [0.25, 0.3) is 6.72 Å². The Kier molecular flexibility index (Phi) is 5.84. The lowest BCUT2D eigenvalue weighted by Gasteiger charge is -2.55. The minimum atomic E-state index is -0.0464. The van der Waals surface area contributed by atoms with Crippen LogP contribution in [0.15, 0.2) is 5.11 Å². The number of quaternary nitrogens is 2. The van der Waals surface area contributed by atoms with Gasteiger partial charge >= 0.3 is 5.97 Å². The van der Waals surface area contributed by atoms with Crippen LogP contribution in [0.1, 0.15) is 34.1 Å². The summed E-state index contributed by atoms with van der Waals surface area (Å²) in [7, 11) is 0. The van der Waals surface area contributed by atoms with Crippen molar-refractivity contribution < 1.29 is 23.3 Å². The molecular weight excluding hydrogens is 304 g/mol. The standard InChI is InChI=1S/C18H35N4O2/c1-16(18(2,3)4)24-17(23)15-22-12-9-21(10-13-22,11-14-22)8-6-7-20-19-5/h16H,5-15H2,1-4H3/q+3/t16-,21?,22?/m1/s1. The molecule has 3 saturated heterocycles. The highest BCUT2D eigenvalue weighted by atomic mass is 16.5. The molecule has 0 N–H and O–H groups in total. The van der Waals surface area contributed by atoms with E-state index in [0.717, 1.165) is 37.1 Å². The van der Waals surface area contributed by atoms with Gasteiger partial charge in [0.1, 0.15) is 51.9 Å². The predicted octanol–water partition coefficient (Wildman–Crippen LogP) is 1.38. The fourth-order valence-corrected chi connectivity index (χ4v) is 3.75. The summed E-state index contributed by atoms with van der Waals surface area (Å²) in [5.74, 6) is -0.0322. The third-order valence-electron chi connectivity index (χ3n) is 6.13. The van der Waals surface area contributed by atoms with Crippen LogP contribution in [0.2, 0.25) is 0 Å². The summed E-state index contributed by atoms with van der Waals surface area (Å²) in [6.07, 6.45) is 1.03. The maximum absolute atomic E-state index is 12.4. The molecule has 0 unspecified atom stereocenters. The molecule has 0 radical (unpaired) electrons. The third-order valence-corrected chi connectivity index (χ3v) is 6.13. The molecule has 3 heterocycles. The quantitative estimate of drug-likeness (QED) is 0.176. The van der Waals surface area contributed by atoms with Crippen molar-refractivity contribution in [3.8, 4) is 0 Å². The van der Waals surface area contributed by atoms with Crippen molar-refractivity contribution in [1.82, 2.24) is 0 Å². The summed E-state index contributed by atoms with van der Waals surface area (Å²) in [6, 6.07) is 0. The van der Waals surface area contributed by atoms with Crippen molar-refractivity contribution in [1.29, 1.82) is 0 Å². The summed E-state index contributed by atoms with van der Waals surface area (Å²) in [4.78, 5) is 16.0. The zero-order chi connectivity index (χ0) is 17.8. The Morgan fingerprint density at radius 2 is 1.71 bits per heavy atom. The Bertz CT molecular complexity index is 481. The first-order valence-electron chi connectivity index (χ1n) is 9.23. The molecule has 0 amide bonds. The highest BCUT2D eigenvalue weighted by Gasteiger charge is 2.49. The van der Waals surface area contributed by atoms with Crippen LogP contribution in [0.4, 0.5) is 0 Å². The number of rotatable bonds is 7. The van der Waals surface area contributed by atoms with E-state index in [-0.39, 0.29) is 17.5 Å². The molecule has 0 aliphatic carbocycles. The Balaban J connectivity index is 1.83. The molecule has 0 spiro atoms. The molecule has 3 fully saturated rings. The molecule has 0 aromatic carbocycles. The van der Waals surface area contributed by atoms with Gasteiger partial charge in [0, 0.05) is 11.2 Å². The number of carbonyl (C=O) groups is 1. The Morgan fingerprint density at radius 1 is 1.17 bits per heavy atom. The van der Waals surface area contributed by atoms with Crippen molar-refractivity contribution in [2.45, 2.75) is 40.2 Å². The van der Waals surface area contributed by atoms with Gasteiger partial charge in [-0.15, -0.1) is 0 Å². The summed E-state index contributed by atoms with van der Waals surface area (Å²) < 4.78 is 7.81. The van der Waals surface area contributed by atoms with Crippen LogP contribution >= 0.6 is 0 Å². The zero-order valence-electron chi connectivity index (χ0n) is 16.0. The van der Waals surface area contributed by atoms with E-state index in [9.17, 15) is 4.79 Å². The largest absolute Gasteiger partial charge is 0.458 e. The molecule has 0 aromatic rings. The molecule has 24 heavy (non-hydrogen) atoms. The topological polar surface area (TPSA) is 52.8 Å². The van der Waals surface area contributed by atoms with Crippen LogP contribution < -0.4 is 0 Å². The van der Waals surface area contributed by atoms with E-state index in [1.54, 1.807) is 0 Å². The predicted molar refractivity (Wildman–Crippen MR) is 93.8 cm³/mol. The van der Waals surface area contributed by atoms with Crippen molar-refractivity contribution >= 4 is 12.7 Å². The van der Waals surface area contributed by atoms with Crippen LogP contribution in [-0.2, 0) is 9.53 Å². The normalized spacial score (nSPS) is 30.5. The number of esters is 1. The number of piperazine rings is 3. The van der Waals surface area contributed by atoms with Crippen LogP contribution in [0.5, 0.6) is 0 Å². The van der Waals surface area contributed by atoms with Gasteiger partial charge in [0.05, 0.1) is 11.7 Å². The van der Waals surface area contributed by atoms with Gasteiger partial charge in [-0.1, -0.05) is 20.8 Å². The monoisotopic (exact) mass is 339 g/mol. The Hall–Kier alpha value is -1.23. The van der Waals surface area contributed by atoms with Gasteiger partial charge in [0.15, 0.2) is 6.54 Å². The molecule has 1 atom stereocenters. The molecule has 3 aliphatic heterocycles. The molecule has 6 nitrogen and oxygen atoms in total. The lowest BCUT2D eigenvalue weighted by atomic mass is 9.90. The minimum absolute atomic E-state index is 0.00313. The van der Waals surface area contributed by atoms with E-state index >= 15 is 0 Å². The van der Waals surface area contributed by atoms with E-state index in [2.05, 4.69) is 37.4 Å². The van der Waals surface area contributed by atoms with Crippen LogP contribution in [-0.4, -0.2) is 91.4 Å². The number of ether oxygens (including phenoxy) is 1. The summed E-state index contributed by atoms with van der Waals surface area (Å²) in [5, 5.41) is 3.97. The zero-order valence-corrected chi connectivity index (χ0v) is 16.0. The fourth-order valence-electron chi connectivity index (χ4n) is 3.75. The average molecular weight is 340 g/mol. The van der Waals surface area contributed by atoms with Crippen LogP contribution in [0, 0.1) is 5.41 Å². The second-order valence-electron chi connectivity index (χ2n) is 8.76. The first-order chi connectivity index (χ1) is 11.2. The van der Waals surface area contributed by atoms with Gasteiger partial charge in [0.2, 0.25) is 0 Å². The lowest BCUT2D eigenvalue weighted by Crippen LogP contribution is -2.75. The maximum atomic E-state index is 12.4. The van der Waals surface area contributed by atoms with Gasteiger partial charge in [-0.25, -0.2) is 4.79 Å². The first-order valence-corrected chi connectivity index (χ1v) is 9.23. The second-order valence-corrected chi connectivity index (χ2v) is 8.76. The summed E-state index contributed by atoms with van der Waals surface area (Å²) in [5.41, 5.74) is -0.00313. The van der Waals surface area contributed by atoms with Gasteiger partial charge < -0.3 is 13.7 Å². The van der Waals surface area contributed by atoms with Gasteiger partial charge in [-0.05, 0) is 12.3 Å². The fraction of sp³-hybridized carbons (Fsp3) is 0.889. The lowest BCUT2D eigenvalue weighted by molar-refractivity contribution is -1.08. The molecule has 0 saturated carbocycles. The van der Waals surface area contributed by atoms with E-state index in [1.165, 1.54) is 30.7 Å². The van der Waals surface area contributed by atoms with Crippen LogP contribution in [0.3, 0.4) is 0 Å². The summed E-state index contributed by atoms with van der Waals surface area (Å²) in [6.45, 7) is 21.0. The first kappa shape index (κ1) is 19.1. The Morgan fingerprint density at radius 3 is 2.21 bits per heavy atom. The van der Waals surface area contributed by atoms with E-state index < -0.39 is 0 Å². The molecule has 3 rings (SSSR count). The Labute approximate surface area is 146 Å². The third kappa shape index (κ3) is 4.65. The van der Waals surface area contributed by atoms with Crippen molar-refractivity contribution in [3.63, 3.8) is 0 Å². The molecule has 0 aromatic heterocycles. The highest BCUT2D eigenvalue weighted by molar-refractivity contribution is 5.70. The van der Waals surface area contributed by atoms with E-state index in [4.69, 9.17) is 4.74 Å². The van der Waals surface area contributed by atoms with E-state index in [1.807, 2.05) is 6.92 Å². The SMILES string of the molecule is C=[N+]=NCCC[N+]12CC[N+](CC(=O)O[C@H](C)C(C)(C)C)(CC1)CC2. The number of carbonyl (C=O) groups excluding carboxylic acids is 1. The number of fused-ring (bicyclic) bond motifs is 3. The van der Waals surface area contributed by atoms with Crippen molar-refractivity contribution in [2.24, 2.45) is 10.5 Å². The second kappa shape index (κ2) is 7.34. The molecule has 3 aliphatic rings. The van der Waals surface area contributed by atoms with E-state index in [0.29, 0.717) is 6.54 Å². The number of nitrogens with zero attached hydrogens (tertiary/aromatic N) is 4. The average Bonchev–Trinajstić information content (AvgIpc) is 2.52. The molecular formula is C18H35N4O2+3. The smallest absolute Gasteiger partial charge is 0.362 e. The summed E-state index contributed by atoms with van der Waals surface area (Å²) >= 11 is 0. The van der Waals surface area contributed by atoms with Gasteiger partial charge in [-0.2, -0.15) is 0 Å². The maximum Gasteiger partial charge on any atom is 0.362 e. The number of hydrogen-bond acceptors (Lipinski definition) is 3. The molecule has 2 bridgehead atoms. The number of hydrogen-bond donors (Lipinski definition) is 0.